The zero-order valence-corrected chi connectivity index (χ0v) is 23.5. The molecule has 0 saturated carbocycles. The number of ether oxygens (including phenoxy) is 1. The van der Waals surface area contributed by atoms with Crippen molar-refractivity contribution in [1.29, 1.82) is 0 Å². The first-order valence-corrected chi connectivity index (χ1v) is 13.9. The Balaban J connectivity index is 1.37. The lowest BCUT2D eigenvalue weighted by atomic mass is 10.0. The number of anilines is 1. The van der Waals surface area contributed by atoms with Crippen LogP contribution in [0.3, 0.4) is 0 Å². The number of amides is 2. The Hall–Kier alpha value is -3.85. The predicted octanol–water partition coefficient (Wildman–Crippen LogP) is 5.96. The van der Waals surface area contributed by atoms with Gasteiger partial charge < -0.3 is 24.7 Å². The van der Waals surface area contributed by atoms with Crippen molar-refractivity contribution in [1.82, 2.24) is 10.6 Å². The molecule has 0 aliphatic carbocycles. The molecule has 4 aromatic rings. The minimum Gasteiger partial charge on any atom is -0.459 e. The summed E-state index contributed by atoms with van der Waals surface area (Å²) >= 11 is 12.6. The van der Waals surface area contributed by atoms with Gasteiger partial charge in [-0.3, -0.25) is 9.59 Å². The summed E-state index contributed by atoms with van der Waals surface area (Å²) in [6.07, 6.45) is 2.07. The van der Waals surface area contributed by atoms with Gasteiger partial charge in [0.25, 0.3) is 5.91 Å². The second-order valence-corrected chi connectivity index (χ2v) is 10.6. The van der Waals surface area contributed by atoms with Gasteiger partial charge in [0.1, 0.15) is 11.9 Å². The Morgan fingerprint density at radius 2 is 1.83 bits per heavy atom. The van der Waals surface area contributed by atoms with Crippen LogP contribution in [0.5, 0.6) is 0 Å². The zero-order valence-electron chi connectivity index (χ0n) is 22.0. The van der Waals surface area contributed by atoms with E-state index in [1.165, 1.54) is 30.5 Å². The third-order valence-electron chi connectivity index (χ3n) is 6.81. The Kier molecular flexibility index (Phi) is 9.24. The zero-order chi connectivity index (χ0) is 28.8. The van der Waals surface area contributed by atoms with Gasteiger partial charge in [-0.15, -0.1) is 0 Å². The van der Waals surface area contributed by atoms with E-state index in [0.29, 0.717) is 36.7 Å². The molecule has 0 fully saturated rings. The van der Waals surface area contributed by atoms with Gasteiger partial charge in [-0.25, -0.2) is 4.39 Å². The molecule has 10 heteroatoms. The summed E-state index contributed by atoms with van der Waals surface area (Å²) in [5, 5.41) is 6.40. The Morgan fingerprint density at radius 1 is 1.00 bits per heavy atom. The molecule has 0 radical (unpaired) electrons. The molecule has 0 spiro atoms. The van der Waals surface area contributed by atoms with Crippen LogP contribution in [0.4, 0.5) is 10.1 Å². The van der Waals surface area contributed by atoms with Crippen molar-refractivity contribution in [2.24, 2.45) is 0 Å². The fraction of sp³-hybridized carbons (Fsp3) is 0.226. The summed E-state index contributed by atoms with van der Waals surface area (Å²) in [5.74, 6) is -1.29. The summed E-state index contributed by atoms with van der Waals surface area (Å²) < 4.78 is 25.0. The Labute approximate surface area is 247 Å². The van der Waals surface area contributed by atoms with Crippen molar-refractivity contribution in [3.05, 3.63) is 123 Å². The van der Waals surface area contributed by atoms with E-state index in [0.717, 1.165) is 16.8 Å². The number of carbonyl (C=O) groups excluding carboxylic acids is 2. The fourth-order valence-electron chi connectivity index (χ4n) is 4.84. The van der Waals surface area contributed by atoms with E-state index >= 15 is 0 Å². The van der Waals surface area contributed by atoms with Crippen molar-refractivity contribution in [3.63, 3.8) is 0 Å². The number of furan rings is 1. The molecule has 2 amide bonds. The van der Waals surface area contributed by atoms with Gasteiger partial charge in [-0.2, -0.15) is 0 Å². The standard InChI is InChI=1S/C31H28Cl2FN3O4/c32-22-8-10-25(26(33)16-22)29(36-30(38)28-7-4-14-41-28)31(39)35-24(19-40-18-20-5-2-1-3-6-20)17-37-13-12-21-15-23(34)9-11-27(21)37/h1-11,14-16,24,29H,12-13,17-19H2,(H,35,39)(H,36,38)/t24-,29-/m1/s1. The molecule has 1 aliphatic heterocycles. The maximum absolute atomic E-state index is 13.8. The van der Waals surface area contributed by atoms with Crippen LogP contribution in [0.1, 0.15) is 33.3 Å². The van der Waals surface area contributed by atoms with Gasteiger partial charge in [-0.05, 0) is 60.0 Å². The SMILES string of the molecule is O=C(N[C@@H](C(=O)N[C@@H](COCc1ccccc1)CN1CCc2cc(F)ccc21)c1ccc(Cl)cc1Cl)c1ccco1. The maximum atomic E-state index is 13.8. The quantitative estimate of drug-likeness (QED) is 0.223. The molecule has 0 unspecified atom stereocenters. The van der Waals surface area contributed by atoms with Crippen molar-refractivity contribution < 1.29 is 23.1 Å². The van der Waals surface area contributed by atoms with Crippen LogP contribution in [0.25, 0.3) is 0 Å². The molecule has 1 aromatic heterocycles. The van der Waals surface area contributed by atoms with E-state index < -0.39 is 23.9 Å². The number of carbonyl (C=O) groups is 2. The minimum atomic E-state index is -1.14. The normalized spacial score (nSPS) is 13.9. The number of hydrogen-bond acceptors (Lipinski definition) is 5. The molecule has 41 heavy (non-hydrogen) atoms. The lowest BCUT2D eigenvalue weighted by Gasteiger charge is -2.29. The van der Waals surface area contributed by atoms with E-state index in [1.54, 1.807) is 24.3 Å². The number of benzene rings is 3. The third kappa shape index (κ3) is 7.27. The first-order chi connectivity index (χ1) is 19.9. The van der Waals surface area contributed by atoms with Gasteiger partial charge in [0.15, 0.2) is 5.76 Å². The highest BCUT2D eigenvalue weighted by Gasteiger charge is 2.30. The molecule has 212 valence electrons. The average molecular weight is 596 g/mol. The van der Waals surface area contributed by atoms with Gasteiger partial charge in [0, 0.05) is 34.4 Å². The minimum absolute atomic E-state index is 0.0523. The molecular weight excluding hydrogens is 568 g/mol. The molecule has 5 rings (SSSR count). The first kappa shape index (κ1) is 28.7. The van der Waals surface area contributed by atoms with Crippen molar-refractivity contribution in [3.8, 4) is 0 Å². The van der Waals surface area contributed by atoms with Crippen molar-refractivity contribution >= 4 is 40.7 Å². The number of nitrogens with one attached hydrogen (secondary N) is 2. The van der Waals surface area contributed by atoms with Crippen LogP contribution in [0, 0.1) is 5.82 Å². The van der Waals surface area contributed by atoms with Crippen molar-refractivity contribution in [2.45, 2.75) is 25.1 Å². The predicted molar refractivity (Wildman–Crippen MR) is 156 cm³/mol. The smallest absolute Gasteiger partial charge is 0.287 e. The van der Waals surface area contributed by atoms with Crippen LogP contribution in [-0.4, -0.2) is 37.6 Å². The topological polar surface area (TPSA) is 83.8 Å². The molecule has 3 aromatic carbocycles. The van der Waals surface area contributed by atoms with Gasteiger partial charge in [-0.1, -0.05) is 59.6 Å². The molecule has 2 heterocycles. The highest BCUT2D eigenvalue weighted by molar-refractivity contribution is 6.35. The highest BCUT2D eigenvalue weighted by Crippen LogP contribution is 2.30. The molecule has 7 nitrogen and oxygen atoms in total. The lowest BCUT2D eigenvalue weighted by Crippen LogP contribution is -2.50. The largest absolute Gasteiger partial charge is 0.459 e. The molecule has 2 N–H and O–H groups in total. The number of rotatable bonds is 11. The molecule has 1 aliphatic rings. The first-order valence-electron chi connectivity index (χ1n) is 13.1. The van der Waals surface area contributed by atoms with Crippen LogP contribution in [0.2, 0.25) is 10.0 Å². The van der Waals surface area contributed by atoms with E-state index in [9.17, 15) is 14.0 Å². The number of nitrogens with zero attached hydrogens (tertiary/aromatic N) is 1. The molecule has 2 atom stereocenters. The van der Waals surface area contributed by atoms with Gasteiger partial charge in [0.2, 0.25) is 5.91 Å². The van der Waals surface area contributed by atoms with E-state index in [4.69, 9.17) is 32.4 Å². The van der Waals surface area contributed by atoms with Crippen LogP contribution in [0.15, 0.2) is 89.5 Å². The summed E-state index contributed by atoms with van der Waals surface area (Å²) in [7, 11) is 0. The molecular formula is C31H28Cl2FN3O4. The second kappa shape index (κ2) is 13.2. The number of fused-ring (bicyclic) bond motifs is 1. The fourth-order valence-corrected chi connectivity index (χ4v) is 5.36. The summed E-state index contributed by atoms with van der Waals surface area (Å²) in [6, 6.07) is 20.6. The Bertz CT molecular complexity index is 1500. The average Bonchev–Trinajstić information content (AvgIpc) is 3.63. The highest BCUT2D eigenvalue weighted by atomic mass is 35.5. The van der Waals surface area contributed by atoms with E-state index in [2.05, 4.69) is 15.5 Å². The third-order valence-corrected chi connectivity index (χ3v) is 7.37. The molecule has 0 saturated heterocycles. The van der Waals surface area contributed by atoms with Gasteiger partial charge in [0.05, 0.1) is 25.5 Å². The summed E-state index contributed by atoms with van der Waals surface area (Å²) in [5.41, 5.74) is 3.20. The maximum Gasteiger partial charge on any atom is 0.287 e. The lowest BCUT2D eigenvalue weighted by molar-refractivity contribution is -0.124. The Morgan fingerprint density at radius 3 is 2.59 bits per heavy atom. The van der Waals surface area contributed by atoms with Crippen LogP contribution in [-0.2, 0) is 22.6 Å². The second-order valence-electron chi connectivity index (χ2n) is 9.72. The monoisotopic (exact) mass is 595 g/mol. The molecule has 0 bridgehead atoms. The van der Waals surface area contributed by atoms with E-state index in [1.807, 2.05) is 30.3 Å². The number of halogens is 3. The summed E-state index contributed by atoms with van der Waals surface area (Å²) in [6.45, 7) is 1.63. The van der Waals surface area contributed by atoms with Crippen LogP contribution < -0.4 is 15.5 Å². The van der Waals surface area contributed by atoms with Crippen molar-refractivity contribution in [2.75, 3.05) is 24.6 Å². The number of hydrogen-bond donors (Lipinski definition) is 2. The van der Waals surface area contributed by atoms with Crippen LogP contribution >= 0.6 is 23.2 Å². The summed E-state index contributed by atoms with van der Waals surface area (Å²) in [4.78, 5) is 28.8. The van der Waals surface area contributed by atoms with Gasteiger partial charge >= 0.3 is 0 Å². The van der Waals surface area contributed by atoms with E-state index in [-0.39, 0.29) is 23.2 Å².